The Morgan fingerprint density at radius 2 is 2.05 bits per heavy atom. The van der Waals surface area contributed by atoms with E-state index in [4.69, 9.17) is 9.47 Å². The van der Waals surface area contributed by atoms with Crippen LogP contribution in [0.25, 0.3) is 0 Å². The lowest BCUT2D eigenvalue weighted by molar-refractivity contribution is -0.164. The molecule has 0 heterocycles. The molecule has 1 unspecified atom stereocenters. The Hall–Kier alpha value is -1.88. The van der Waals surface area contributed by atoms with Crippen molar-refractivity contribution in [2.45, 2.75) is 19.3 Å². The Kier molecular flexibility index (Phi) is 5.06. The van der Waals surface area contributed by atoms with E-state index in [0.717, 1.165) is 5.56 Å². The molecular formula is C14H18O5. The minimum Gasteiger partial charge on any atom is -0.480 e. The van der Waals surface area contributed by atoms with Gasteiger partial charge in [-0.15, -0.1) is 0 Å². The van der Waals surface area contributed by atoms with E-state index in [1.165, 1.54) is 7.11 Å². The van der Waals surface area contributed by atoms with Crippen LogP contribution in [0.5, 0.6) is 0 Å². The van der Waals surface area contributed by atoms with Gasteiger partial charge in [-0.1, -0.05) is 29.8 Å². The number of methoxy groups -OCH3 is 1. The number of carbonyl (C=O) groups is 2. The number of ether oxygens (including phenoxy) is 2. The number of hydrogen-bond donors (Lipinski definition) is 1. The predicted octanol–water partition coefficient (Wildman–Crippen LogP) is 1.53. The van der Waals surface area contributed by atoms with Gasteiger partial charge in [-0.25, -0.2) is 0 Å². The quantitative estimate of drug-likeness (QED) is 0.624. The molecule has 0 fully saturated rings. The van der Waals surface area contributed by atoms with Crippen LogP contribution in [0.1, 0.15) is 18.1 Å². The molecule has 1 aromatic carbocycles. The minimum atomic E-state index is -1.82. The van der Waals surface area contributed by atoms with Gasteiger partial charge < -0.3 is 14.6 Å². The summed E-state index contributed by atoms with van der Waals surface area (Å²) in [6.07, 6.45) is 0. The molecule has 0 aromatic heterocycles. The van der Waals surface area contributed by atoms with Gasteiger partial charge >= 0.3 is 11.9 Å². The number of esters is 1. The summed E-state index contributed by atoms with van der Waals surface area (Å²) in [5.74, 6) is -2.09. The zero-order chi connectivity index (χ0) is 14.5. The highest BCUT2D eigenvalue weighted by atomic mass is 16.5. The van der Waals surface area contributed by atoms with Crippen LogP contribution in [-0.4, -0.2) is 37.4 Å². The SMILES string of the molecule is CCOC(=O)C(COC)(C(=O)O)c1cccc(C)c1. The normalized spacial score (nSPS) is 13.6. The highest BCUT2D eigenvalue weighted by Crippen LogP contribution is 2.28. The van der Waals surface area contributed by atoms with Crippen molar-refractivity contribution in [3.05, 3.63) is 35.4 Å². The number of aryl methyl sites for hydroxylation is 1. The smallest absolute Gasteiger partial charge is 0.330 e. The standard InChI is InChI=1S/C14H18O5/c1-4-19-13(17)14(9-18-3,12(15)16)11-7-5-6-10(2)8-11/h5-8H,4,9H2,1-3H3,(H,15,16). The maximum absolute atomic E-state index is 12.1. The van der Waals surface area contributed by atoms with Gasteiger partial charge in [-0.2, -0.15) is 0 Å². The molecule has 1 atom stereocenters. The molecule has 5 nitrogen and oxygen atoms in total. The van der Waals surface area contributed by atoms with Gasteiger partial charge in [-0.05, 0) is 19.4 Å². The summed E-state index contributed by atoms with van der Waals surface area (Å²) in [7, 11) is 1.35. The molecule has 5 heteroatoms. The van der Waals surface area contributed by atoms with E-state index in [9.17, 15) is 14.7 Å². The Morgan fingerprint density at radius 1 is 1.37 bits per heavy atom. The maximum Gasteiger partial charge on any atom is 0.330 e. The van der Waals surface area contributed by atoms with Crippen LogP contribution in [0.2, 0.25) is 0 Å². The van der Waals surface area contributed by atoms with Crippen LogP contribution in [0.15, 0.2) is 24.3 Å². The van der Waals surface area contributed by atoms with Crippen molar-refractivity contribution in [1.82, 2.24) is 0 Å². The highest BCUT2D eigenvalue weighted by molar-refractivity contribution is 6.05. The highest BCUT2D eigenvalue weighted by Gasteiger charge is 2.49. The van der Waals surface area contributed by atoms with E-state index in [0.29, 0.717) is 5.56 Å². The molecule has 0 radical (unpaired) electrons. The third-order valence-corrected chi connectivity index (χ3v) is 2.86. The summed E-state index contributed by atoms with van der Waals surface area (Å²) < 4.78 is 9.86. The van der Waals surface area contributed by atoms with E-state index in [2.05, 4.69) is 0 Å². The first kappa shape index (κ1) is 15.2. The number of carboxylic acids is 1. The molecule has 0 aliphatic heterocycles. The maximum atomic E-state index is 12.1. The van der Waals surface area contributed by atoms with Gasteiger partial charge in [-0.3, -0.25) is 9.59 Å². The van der Waals surface area contributed by atoms with Crippen molar-refractivity contribution in [3.63, 3.8) is 0 Å². The van der Waals surface area contributed by atoms with Crippen molar-refractivity contribution in [2.24, 2.45) is 0 Å². The molecule has 19 heavy (non-hydrogen) atoms. The minimum absolute atomic E-state index is 0.114. The zero-order valence-corrected chi connectivity index (χ0v) is 11.3. The molecule has 0 saturated carbocycles. The number of hydrogen-bond acceptors (Lipinski definition) is 4. The second kappa shape index (κ2) is 6.33. The monoisotopic (exact) mass is 266 g/mol. The second-order valence-corrected chi connectivity index (χ2v) is 4.23. The predicted molar refractivity (Wildman–Crippen MR) is 69.0 cm³/mol. The topological polar surface area (TPSA) is 72.8 Å². The Morgan fingerprint density at radius 3 is 2.53 bits per heavy atom. The van der Waals surface area contributed by atoms with Crippen molar-refractivity contribution >= 4 is 11.9 Å². The third kappa shape index (κ3) is 2.93. The molecule has 0 saturated heterocycles. The molecular weight excluding hydrogens is 248 g/mol. The number of rotatable bonds is 6. The third-order valence-electron chi connectivity index (χ3n) is 2.86. The zero-order valence-electron chi connectivity index (χ0n) is 11.3. The van der Waals surface area contributed by atoms with Crippen LogP contribution in [-0.2, 0) is 24.5 Å². The summed E-state index contributed by atoms with van der Waals surface area (Å²) in [5, 5.41) is 9.52. The molecule has 0 bridgehead atoms. The van der Waals surface area contributed by atoms with Crippen molar-refractivity contribution in [1.29, 1.82) is 0 Å². The molecule has 0 aliphatic carbocycles. The average molecular weight is 266 g/mol. The van der Waals surface area contributed by atoms with Gasteiger partial charge in [0.15, 0.2) is 0 Å². The van der Waals surface area contributed by atoms with E-state index in [1.54, 1.807) is 25.1 Å². The first-order valence-corrected chi connectivity index (χ1v) is 5.95. The van der Waals surface area contributed by atoms with Gasteiger partial charge in [0.1, 0.15) is 0 Å². The number of carbonyl (C=O) groups excluding carboxylic acids is 1. The summed E-state index contributed by atoms with van der Waals surface area (Å²) >= 11 is 0. The fraction of sp³-hybridized carbons (Fsp3) is 0.429. The molecule has 0 spiro atoms. The Balaban J connectivity index is 3.39. The van der Waals surface area contributed by atoms with Crippen LogP contribution >= 0.6 is 0 Å². The van der Waals surface area contributed by atoms with Crippen LogP contribution in [0.3, 0.4) is 0 Å². The summed E-state index contributed by atoms with van der Waals surface area (Å²) in [6, 6.07) is 6.78. The molecule has 1 aromatic rings. The largest absolute Gasteiger partial charge is 0.480 e. The first-order chi connectivity index (χ1) is 8.98. The van der Waals surface area contributed by atoms with Crippen molar-refractivity contribution < 1.29 is 24.2 Å². The lowest BCUT2D eigenvalue weighted by Gasteiger charge is -2.27. The van der Waals surface area contributed by atoms with Crippen LogP contribution < -0.4 is 0 Å². The first-order valence-electron chi connectivity index (χ1n) is 5.95. The number of benzene rings is 1. The van der Waals surface area contributed by atoms with Gasteiger partial charge in [0.05, 0.1) is 13.2 Å². The Bertz CT molecular complexity index is 469. The summed E-state index contributed by atoms with van der Waals surface area (Å²) in [4.78, 5) is 23.8. The van der Waals surface area contributed by atoms with E-state index < -0.39 is 17.4 Å². The second-order valence-electron chi connectivity index (χ2n) is 4.23. The summed E-state index contributed by atoms with van der Waals surface area (Å²) in [5.41, 5.74) is -0.597. The number of carboxylic acid groups (broad SMARTS) is 1. The lowest BCUT2D eigenvalue weighted by Crippen LogP contribution is -2.48. The van der Waals surface area contributed by atoms with E-state index in [-0.39, 0.29) is 13.2 Å². The average Bonchev–Trinajstić information content (AvgIpc) is 2.35. The molecule has 1 rings (SSSR count). The van der Waals surface area contributed by atoms with Gasteiger partial charge in [0.2, 0.25) is 5.41 Å². The molecule has 0 aliphatic rings. The Labute approximate surface area is 112 Å². The van der Waals surface area contributed by atoms with Crippen molar-refractivity contribution in [2.75, 3.05) is 20.3 Å². The molecule has 0 amide bonds. The molecule has 104 valence electrons. The lowest BCUT2D eigenvalue weighted by atomic mass is 9.80. The summed E-state index contributed by atoms with van der Waals surface area (Å²) in [6.45, 7) is 3.30. The van der Waals surface area contributed by atoms with E-state index >= 15 is 0 Å². The van der Waals surface area contributed by atoms with Gasteiger partial charge in [0, 0.05) is 7.11 Å². The fourth-order valence-electron chi connectivity index (χ4n) is 1.91. The van der Waals surface area contributed by atoms with Crippen LogP contribution in [0, 0.1) is 6.92 Å². The van der Waals surface area contributed by atoms with Crippen LogP contribution in [0.4, 0.5) is 0 Å². The number of aliphatic carboxylic acids is 1. The van der Waals surface area contributed by atoms with Gasteiger partial charge in [0.25, 0.3) is 0 Å². The molecule has 1 N–H and O–H groups in total. The van der Waals surface area contributed by atoms with E-state index in [1.807, 2.05) is 13.0 Å². The van der Waals surface area contributed by atoms with Crippen molar-refractivity contribution in [3.8, 4) is 0 Å². The fourth-order valence-corrected chi connectivity index (χ4v) is 1.91.